The monoisotopic (exact) mass is 245 g/mol. The number of nitrogen functional groups attached to an aromatic ring is 1. The lowest BCUT2D eigenvalue weighted by atomic mass is 10.2. The number of pyridine rings is 1. The number of anilines is 1. The lowest BCUT2D eigenvalue weighted by Crippen LogP contribution is -2.28. The molecular formula is C12H15N5O. The minimum Gasteiger partial charge on any atom is -0.396 e. The number of rotatable bonds is 4. The average molecular weight is 245 g/mol. The van der Waals surface area contributed by atoms with Gasteiger partial charge in [-0.2, -0.15) is 5.10 Å². The number of carbonyl (C=O) groups excluding carboxylic acids is 1. The summed E-state index contributed by atoms with van der Waals surface area (Å²) in [5.41, 5.74) is 7.58. The van der Waals surface area contributed by atoms with Crippen molar-refractivity contribution in [3.63, 3.8) is 0 Å². The van der Waals surface area contributed by atoms with Crippen LogP contribution in [-0.2, 0) is 13.5 Å². The Hall–Kier alpha value is -2.37. The predicted octanol–water partition coefficient (Wildman–Crippen LogP) is 0.370. The standard InChI is InChI=1S/C12H15N5O/c1-17-11(10(13)8-16-17)12(18)15-7-4-9-2-5-14-6-3-9/h2-3,5-6,8H,4,7,13H2,1H3,(H,15,18). The molecule has 6 heteroatoms. The maximum atomic E-state index is 11.9. The number of aromatic nitrogens is 3. The molecule has 3 N–H and O–H groups in total. The molecule has 0 aromatic carbocycles. The first-order valence-electron chi connectivity index (χ1n) is 5.63. The van der Waals surface area contributed by atoms with Gasteiger partial charge in [0.15, 0.2) is 0 Å². The molecule has 2 heterocycles. The number of hydrogen-bond donors (Lipinski definition) is 2. The van der Waals surface area contributed by atoms with E-state index >= 15 is 0 Å². The third kappa shape index (κ3) is 2.65. The summed E-state index contributed by atoms with van der Waals surface area (Å²) in [5, 5.41) is 6.74. The summed E-state index contributed by atoms with van der Waals surface area (Å²) in [6.07, 6.45) is 5.69. The van der Waals surface area contributed by atoms with E-state index in [0.29, 0.717) is 17.9 Å². The first-order chi connectivity index (χ1) is 8.68. The van der Waals surface area contributed by atoms with Gasteiger partial charge < -0.3 is 11.1 Å². The summed E-state index contributed by atoms with van der Waals surface area (Å²) in [7, 11) is 1.69. The molecule has 0 unspecified atom stereocenters. The molecule has 2 aromatic rings. The zero-order valence-electron chi connectivity index (χ0n) is 10.1. The molecule has 0 fully saturated rings. The molecule has 0 aliphatic heterocycles. The van der Waals surface area contributed by atoms with Crippen LogP contribution in [0.4, 0.5) is 5.69 Å². The Kier molecular flexibility index (Phi) is 3.57. The number of nitrogens with one attached hydrogen (secondary N) is 1. The molecule has 18 heavy (non-hydrogen) atoms. The highest BCUT2D eigenvalue weighted by Gasteiger charge is 2.13. The van der Waals surface area contributed by atoms with Crippen molar-refractivity contribution < 1.29 is 4.79 Å². The molecule has 0 aliphatic carbocycles. The topological polar surface area (TPSA) is 85.8 Å². The summed E-state index contributed by atoms with van der Waals surface area (Å²) < 4.78 is 1.47. The number of aryl methyl sites for hydroxylation is 1. The molecule has 0 spiro atoms. The molecular weight excluding hydrogens is 230 g/mol. The van der Waals surface area contributed by atoms with Crippen LogP contribution in [0.2, 0.25) is 0 Å². The highest BCUT2D eigenvalue weighted by atomic mass is 16.2. The second kappa shape index (κ2) is 5.31. The molecule has 0 saturated carbocycles. The van der Waals surface area contributed by atoms with Crippen molar-refractivity contribution in [1.29, 1.82) is 0 Å². The predicted molar refractivity (Wildman–Crippen MR) is 67.9 cm³/mol. The van der Waals surface area contributed by atoms with Crippen molar-refractivity contribution in [3.05, 3.63) is 42.0 Å². The van der Waals surface area contributed by atoms with Crippen LogP contribution in [0.15, 0.2) is 30.7 Å². The van der Waals surface area contributed by atoms with Crippen LogP contribution < -0.4 is 11.1 Å². The van der Waals surface area contributed by atoms with E-state index < -0.39 is 0 Å². The number of amides is 1. The summed E-state index contributed by atoms with van der Waals surface area (Å²) in [5.74, 6) is -0.207. The van der Waals surface area contributed by atoms with Gasteiger partial charge >= 0.3 is 0 Å². The number of nitrogens with zero attached hydrogens (tertiary/aromatic N) is 3. The number of nitrogens with two attached hydrogens (primary N) is 1. The van der Waals surface area contributed by atoms with E-state index in [1.165, 1.54) is 10.9 Å². The lowest BCUT2D eigenvalue weighted by molar-refractivity contribution is 0.0945. The van der Waals surface area contributed by atoms with Gasteiger partial charge in [0.25, 0.3) is 5.91 Å². The van der Waals surface area contributed by atoms with Crippen molar-refractivity contribution in [2.75, 3.05) is 12.3 Å². The largest absolute Gasteiger partial charge is 0.396 e. The zero-order valence-corrected chi connectivity index (χ0v) is 10.1. The van der Waals surface area contributed by atoms with Crippen molar-refractivity contribution in [1.82, 2.24) is 20.1 Å². The number of hydrogen-bond acceptors (Lipinski definition) is 4. The maximum Gasteiger partial charge on any atom is 0.271 e. The van der Waals surface area contributed by atoms with Gasteiger partial charge in [-0.15, -0.1) is 0 Å². The SMILES string of the molecule is Cn1ncc(N)c1C(=O)NCCc1ccncc1. The van der Waals surface area contributed by atoms with Gasteiger partial charge in [0.2, 0.25) is 0 Å². The van der Waals surface area contributed by atoms with Crippen LogP contribution in [0.5, 0.6) is 0 Å². The van der Waals surface area contributed by atoms with Crippen LogP contribution >= 0.6 is 0 Å². The van der Waals surface area contributed by atoms with Crippen molar-refractivity contribution in [2.45, 2.75) is 6.42 Å². The normalized spacial score (nSPS) is 10.3. The van der Waals surface area contributed by atoms with E-state index in [9.17, 15) is 4.79 Å². The zero-order chi connectivity index (χ0) is 13.0. The molecule has 0 bridgehead atoms. The summed E-state index contributed by atoms with van der Waals surface area (Å²) in [6, 6.07) is 3.84. The average Bonchev–Trinajstić information content (AvgIpc) is 2.70. The summed E-state index contributed by atoms with van der Waals surface area (Å²) in [6.45, 7) is 0.549. The molecule has 0 atom stereocenters. The fourth-order valence-corrected chi connectivity index (χ4v) is 1.69. The highest BCUT2D eigenvalue weighted by Crippen LogP contribution is 2.08. The lowest BCUT2D eigenvalue weighted by Gasteiger charge is -2.06. The molecule has 1 amide bonds. The molecule has 2 aromatic heterocycles. The third-order valence-electron chi connectivity index (χ3n) is 2.63. The van der Waals surface area contributed by atoms with Crippen LogP contribution in [0.25, 0.3) is 0 Å². The molecule has 6 nitrogen and oxygen atoms in total. The maximum absolute atomic E-state index is 11.9. The smallest absolute Gasteiger partial charge is 0.271 e. The van der Waals surface area contributed by atoms with E-state index in [0.717, 1.165) is 12.0 Å². The van der Waals surface area contributed by atoms with Crippen molar-refractivity contribution in [2.24, 2.45) is 7.05 Å². The molecule has 0 aliphatic rings. The van der Waals surface area contributed by atoms with Gasteiger partial charge in [0, 0.05) is 26.0 Å². The summed E-state index contributed by atoms with van der Waals surface area (Å²) in [4.78, 5) is 15.8. The van der Waals surface area contributed by atoms with Crippen LogP contribution in [0.1, 0.15) is 16.1 Å². The van der Waals surface area contributed by atoms with Crippen LogP contribution in [0, 0.1) is 0 Å². The summed E-state index contributed by atoms with van der Waals surface area (Å²) >= 11 is 0. The van der Waals surface area contributed by atoms with E-state index in [4.69, 9.17) is 5.73 Å². The Morgan fingerprint density at radius 1 is 1.44 bits per heavy atom. The van der Waals surface area contributed by atoms with Crippen molar-refractivity contribution >= 4 is 11.6 Å². The van der Waals surface area contributed by atoms with E-state index in [2.05, 4.69) is 15.4 Å². The van der Waals surface area contributed by atoms with E-state index in [1.54, 1.807) is 19.4 Å². The Balaban J connectivity index is 1.90. The van der Waals surface area contributed by atoms with Crippen LogP contribution in [0.3, 0.4) is 0 Å². The molecule has 2 rings (SSSR count). The third-order valence-corrected chi connectivity index (χ3v) is 2.63. The van der Waals surface area contributed by atoms with E-state index in [-0.39, 0.29) is 5.91 Å². The van der Waals surface area contributed by atoms with Gasteiger partial charge in [-0.05, 0) is 24.1 Å². The Labute approximate surface area is 105 Å². The fourth-order valence-electron chi connectivity index (χ4n) is 1.69. The molecule has 0 radical (unpaired) electrons. The fraction of sp³-hybridized carbons (Fsp3) is 0.250. The minimum atomic E-state index is -0.207. The van der Waals surface area contributed by atoms with Gasteiger partial charge in [-0.1, -0.05) is 0 Å². The van der Waals surface area contributed by atoms with Gasteiger partial charge in [-0.3, -0.25) is 14.5 Å². The Morgan fingerprint density at radius 3 is 2.78 bits per heavy atom. The van der Waals surface area contributed by atoms with Crippen molar-refractivity contribution in [3.8, 4) is 0 Å². The number of carbonyl (C=O) groups is 1. The first kappa shape index (κ1) is 12.1. The second-order valence-corrected chi connectivity index (χ2v) is 3.93. The molecule has 0 saturated heterocycles. The minimum absolute atomic E-state index is 0.207. The van der Waals surface area contributed by atoms with Crippen LogP contribution in [-0.4, -0.2) is 27.2 Å². The van der Waals surface area contributed by atoms with Gasteiger partial charge in [0.05, 0.1) is 11.9 Å². The Bertz CT molecular complexity index is 515. The molecule has 94 valence electrons. The quantitative estimate of drug-likeness (QED) is 0.814. The Morgan fingerprint density at radius 2 is 2.17 bits per heavy atom. The van der Waals surface area contributed by atoms with Gasteiger partial charge in [0.1, 0.15) is 5.69 Å². The highest BCUT2D eigenvalue weighted by molar-refractivity contribution is 5.97. The van der Waals surface area contributed by atoms with Gasteiger partial charge in [-0.25, -0.2) is 0 Å². The van der Waals surface area contributed by atoms with E-state index in [1.807, 2.05) is 12.1 Å². The second-order valence-electron chi connectivity index (χ2n) is 3.93. The first-order valence-corrected chi connectivity index (χ1v) is 5.63.